The van der Waals surface area contributed by atoms with Crippen molar-refractivity contribution >= 4 is 40.9 Å². The average Bonchev–Trinajstić information content (AvgIpc) is 2.50. The number of hydrogen-bond donors (Lipinski definition) is 2. The molecule has 0 aliphatic carbocycles. The van der Waals surface area contributed by atoms with E-state index in [0.29, 0.717) is 11.3 Å². The standard InChI is InChI=1S/C14H11ClFN3O3S/c1-7-2-3-8(4-10(7)16)18-11(20)6-23-14-17-5-9(15)12(19-14)13(21)22/h2-5H,6H2,1H3,(H,18,20)(H,21,22). The van der Waals surface area contributed by atoms with Crippen LogP contribution >= 0.6 is 23.4 Å². The van der Waals surface area contributed by atoms with E-state index in [-0.39, 0.29) is 21.6 Å². The summed E-state index contributed by atoms with van der Waals surface area (Å²) in [5.41, 5.74) is 0.486. The van der Waals surface area contributed by atoms with Gasteiger partial charge >= 0.3 is 5.97 Å². The number of nitrogens with zero attached hydrogens (tertiary/aromatic N) is 2. The Labute approximate surface area is 140 Å². The lowest BCUT2D eigenvalue weighted by molar-refractivity contribution is -0.113. The monoisotopic (exact) mass is 355 g/mol. The molecule has 1 aromatic carbocycles. The number of carboxylic acids is 1. The van der Waals surface area contributed by atoms with Crippen molar-refractivity contribution in [1.82, 2.24) is 9.97 Å². The molecular weight excluding hydrogens is 345 g/mol. The third kappa shape index (κ3) is 4.64. The summed E-state index contributed by atoms with van der Waals surface area (Å²) in [4.78, 5) is 30.3. The lowest BCUT2D eigenvalue weighted by Gasteiger charge is -2.06. The summed E-state index contributed by atoms with van der Waals surface area (Å²) in [6, 6.07) is 4.36. The number of carbonyl (C=O) groups is 2. The molecule has 2 rings (SSSR count). The van der Waals surface area contributed by atoms with Gasteiger partial charge in [0.1, 0.15) is 5.82 Å². The molecule has 0 aliphatic rings. The number of hydrogen-bond acceptors (Lipinski definition) is 5. The molecule has 0 atom stereocenters. The predicted octanol–water partition coefficient (Wildman–Crippen LogP) is 3.01. The molecule has 2 aromatic rings. The fraction of sp³-hybridized carbons (Fsp3) is 0.143. The molecule has 120 valence electrons. The third-order valence-corrected chi connectivity index (χ3v) is 3.85. The molecule has 0 spiro atoms. The highest BCUT2D eigenvalue weighted by atomic mass is 35.5. The molecule has 1 aromatic heterocycles. The molecule has 9 heteroatoms. The SMILES string of the molecule is Cc1ccc(NC(=O)CSc2ncc(Cl)c(C(=O)O)n2)cc1F. The number of aromatic nitrogens is 2. The van der Waals surface area contributed by atoms with Crippen LogP contribution in [0.3, 0.4) is 0 Å². The van der Waals surface area contributed by atoms with Crippen LogP contribution < -0.4 is 5.32 Å². The van der Waals surface area contributed by atoms with Gasteiger partial charge in [-0.15, -0.1) is 0 Å². The van der Waals surface area contributed by atoms with Crippen LogP contribution in [0.5, 0.6) is 0 Å². The minimum Gasteiger partial charge on any atom is -0.476 e. The second-order valence-corrected chi connectivity index (χ2v) is 5.80. The van der Waals surface area contributed by atoms with Gasteiger partial charge in [0.05, 0.1) is 17.0 Å². The Bertz CT molecular complexity index is 773. The highest BCUT2D eigenvalue weighted by molar-refractivity contribution is 7.99. The number of anilines is 1. The van der Waals surface area contributed by atoms with Gasteiger partial charge in [-0.1, -0.05) is 29.4 Å². The van der Waals surface area contributed by atoms with Crippen molar-refractivity contribution in [2.75, 3.05) is 11.1 Å². The van der Waals surface area contributed by atoms with Crippen molar-refractivity contribution in [3.8, 4) is 0 Å². The van der Waals surface area contributed by atoms with E-state index < -0.39 is 17.7 Å². The Morgan fingerprint density at radius 3 is 2.83 bits per heavy atom. The Morgan fingerprint density at radius 2 is 2.17 bits per heavy atom. The average molecular weight is 356 g/mol. The number of rotatable bonds is 5. The van der Waals surface area contributed by atoms with Crippen LogP contribution in [-0.2, 0) is 4.79 Å². The second-order valence-electron chi connectivity index (χ2n) is 4.46. The van der Waals surface area contributed by atoms with E-state index in [9.17, 15) is 14.0 Å². The highest BCUT2D eigenvalue weighted by Crippen LogP contribution is 2.19. The number of thioether (sulfide) groups is 1. The van der Waals surface area contributed by atoms with Crippen molar-refractivity contribution < 1.29 is 19.1 Å². The quantitative estimate of drug-likeness (QED) is 0.632. The first-order valence-electron chi connectivity index (χ1n) is 6.31. The Morgan fingerprint density at radius 1 is 1.43 bits per heavy atom. The van der Waals surface area contributed by atoms with Gasteiger partial charge in [-0.05, 0) is 24.6 Å². The summed E-state index contributed by atoms with van der Waals surface area (Å²) in [6.45, 7) is 1.62. The topological polar surface area (TPSA) is 92.2 Å². The largest absolute Gasteiger partial charge is 0.476 e. The fourth-order valence-corrected chi connectivity index (χ4v) is 2.36. The van der Waals surface area contributed by atoms with Gasteiger partial charge in [-0.2, -0.15) is 0 Å². The molecule has 0 aliphatic heterocycles. The van der Waals surface area contributed by atoms with Crippen LogP contribution in [0.25, 0.3) is 0 Å². The number of benzene rings is 1. The van der Waals surface area contributed by atoms with Crippen molar-refractivity contribution in [1.29, 1.82) is 0 Å². The number of halogens is 2. The summed E-state index contributed by atoms with van der Waals surface area (Å²) in [5.74, 6) is -2.15. The van der Waals surface area contributed by atoms with E-state index in [1.54, 1.807) is 19.1 Å². The molecule has 0 radical (unpaired) electrons. The number of nitrogens with one attached hydrogen (secondary N) is 1. The maximum Gasteiger partial charge on any atom is 0.356 e. The second kappa shape index (κ2) is 7.38. The molecule has 0 fully saturated rings. The van der Waals surface area contributed by atoms with E-state index in [1.165, 1.54) is 6.07 Å². The Kier molecular flexibility index (Phi) is 5.51. The molecule has 0 saturated heterocycles. The maximum absolute atomic E-state index is 13.4. The molecule has 2 N–H and O–H groups in total. The molecule has 0 bridgehead atoms. The summed E-state index contributed by atoms with van der Waals surface area (Å²) >= 11 is 6.60. The molecule has 23 heavy (non-hydrogen) atoms. The first kappa shape index (κ1) is 17.2. The number of amides is 1. The van der Waals surface area contributed by atoms with Crippen LogP contribution in [0, 0.1) is 12.7 Å². The van der Waals surface area contributed by atoms with Crippen molar-refractivity contribution in [3.05, 3.63) is 46.5 Å². The van der Waals surface area contributed by atoms with Gasteiger partial charge in [0.15, 0.2) is 10.9 Å². The molecule has 6 nitrogen and oxygen atoms in total. The number of carboxylic acid groups (broad SMARTS) is 1. The van der Waals surface area contributed by atoms with Gasteiger partial charge in [-0.3, -0.25) is 4.79 Å². The summed E-state index contributed by atoms with van der Waals surface area (Å²) < 4.78 is 13.4. The van der Waals surface area contributed by atoms with Crippen LogP contribution in [-0.4, -0.2) is 32.7 Å². The van der Waals surface area contributed by atoms with Gasteiger partial charge < -0.3 is 10.4 Å². The van der Waals surface area contributed by atoms with Gasteiger partial charge in [0, 0.05) is 5.69 Å². The molecule has 1 amide bonds. The minimum absolute atomic E-state index is 0.0593. The zero-order chi connectivity index (χ0) is 17.0. The lowest BCUT2D eigenvalue weighted by Crippen LogP contribution is -2.14. The highest BCUT2D eigenvalue weighted by Gasteiger charge is 2.14. The smallest absolute Gasteiger partial charge is 0.356 e. The Hall–Kier alpha value is -2.19. The van der Waals surface area contributed by atoms with Gasteiger partial charge in [0.2, 0.25) is 5.91 Å². The zero-order valence-electron chi connectivity index (χ0n) is 11.8. The van der Waals surface area contributed by atoms with Crippen LogP contribution in [0.4, 0.5) is 10.1 Å². The van der Waals surface area contributed by atoms with E-state index in [2.05, 4.69) is 15.3 Å². The maximum atomic E-state index is 13.4. The summed E-state index contributed by atoms with van der Waals surface area (Å²) in [7, 11) is 0. The van der Waals surface area contributed by atoms with E-state index in [1.807, 2.05) is 0 Å². The first-order chi connectivity index (χ1) is 10.9. The van der Waals surface area contributed by atoms with E-state index in [0.717, 1.165) is 18.0 Å². The van der Waals surface area contributed by atoms with E-state index >= 15 is 0 Å². The minimum atomic E-state index is -1.28. The Balaban J connectivity index is 1.97. The molecule has 0 unspecified atom stereocenters. The van der Waals surface area contributed by atoms with Crippen molar-refractivity contribution in [2.45, 2.75) is 12.1 Å². The molecular formula is C14H11ClFN3O3S. The fourth-order valence-electron chi connectivity index (χ4n) is 1.57. The number of carbonyl (C=O) groups excluding carboxylic acids is 1. The molecule has 0 saturated carbocycles. The van der Waals surface area contributed by atoms with Gasteiger partial charge in [0.25, 0.3) is 0 Å². The number of aromatic carboxylic acids is 1. The van der Waals surface area contributed by atoms with Crippen LogP contribution in [0.2, 0.25) is 5.02 Å². The lowest BCUT2D eigenvalue weighted by atomic mass is 10.2. The van der Waals surface area contributed by atoms with Crippen molar-refractivity contribution in [3.63, 3.8) is 0 Å². The predicted molar refractivity (Wildman–Crippen MR) is 84.5 cm³/mol. The summed E-state index contributed by atoms with van der Waals surface area (Å²) in [5, 5.41) is 11.5. The van der Waals surface area contributed by atoms with E-state index in [4.69, 9.17) is 16.7 Å². The normalized spacial score (nSPS) is 10.4. The van der Waals surface area contributed by atoms with Crippen LogP contribution in [0.15, 0.2) is 29.6 Å². The zero-order valence-corrected chi connectivity index (χ0v) is 13.4. The first-order valence-corrected chi connectivity index (χ1v) is 7.68. The van der Waals surface area contributed by atoms with Crippen molar-refractivity contribution in [2.24, 2.45) is 0 Å². The number of aryl methyl sites for hydroxylation is 1. The molecule has 1 heterocycles. The summed E-state index contributed by atoms with van der Waals surface area (Å²) in [6.07, 6.45) is 1.16. The third-order valence-electron chi connectivity index (χ3n) is 2.71. The van der Waals surface area contributed by atoms with Crippen LogP contribution in [0.1, 0.15) is 16.1 Å². The van der Waals surface area contributed by atoms with Gasteiger partial charge in [-0.25, -0.2) is 19.2 Å².